The minimum absolute atomic E-state index is 0.648. The second-order valence-corrected chi connectivity index (χ2v) is 16.1. The van der Waals surface area contributed by atoms with E-state index in [0.717, 1.165) is 55.0 Å². The van der Waals surface area contributed by atoms with Crippen molar-refractivity contribution in [2.75, 3.05) is 0 Å². The Labute approximate surface area is 357 Å². The molecule has 3 heterocycles. The molecular formula is C58H36N4. The Morgan fingerprint density at radius 2 is 0.887 bits per heavy atom. The summed E-state index contributed by atoms with van der Waals surface area (Å²) in [5, 5.41) is 10.6. The zero-order chi connectivity index (χ0) is 40.7. The molecule has 3 aromatic heterocycles. The molecule has 0 aliphatic carbocycles. The predicted octanol–water partition coefficient (Wildman–Crippen LogP) is 15.1. The molecule has 0 unspecified atom stereocenters. The van der Waals surface area contributed by atoms with Gasteiger partial charge in [0.05, 0.1) is 33.3 Å². The first-order valence-electron chi connectivity index (χ1n) is 21.2. The highest BCUT2D eigenvalue weighted by molar-refractivity contribution is 6.22. The van der Waals surface area contributed by atoms with Crippen molar-refractivity contribution in [2.24, 2.45) is 0 Å². The number of hydrogen-bond donors (Lipinski definition) is 0. The summed E-state index contributed by atoms with van der Waals surface area (Å²) in [6, 6.07) is 78.6. The molecule has 0 saturated carbocycles. The van der Waals surface area contributed by atoms with Crippen LogP contribution in [0.1, 0.15) is 0 Å². The average molecular weight is 789 g/mol. The molecule has 0 aliphatic heterocycles. The van der Waals surface area contributed by atoms with Crippen molar-refractivity contribution < 1.29 is 0 Å². The van der Waals surface area contributed by atoms with E-state index < -0.39 is 0 Å². The van der Waals surface area contributed by atoms with Gasteiger partial charge in [-0.25, -0.2) is 9.97 Å². The van der Waals surface area contributed by atoms with Gasteiger partial charge in [0.1, 0.15) is 0 Å². The van der Waals surface area contributed by atoms with Gasteiger partial charge >= 0.3 is 0 Å². The topological polar surface area (TPSA) is 35.6 Å². The van der Waals surface area contributed by atoms with Gasteiger partial charge in [-0.15, -0.1) is 0 Å². The second kappa shape index (κ2) is 13.6. The zero-order valence-electron chi connectivity index (χ0n) is 33.6. The molecule has 0 bridgehead atoms. The Morgan fingerprint density at radius 3 is 1.69 bits per heavy atom. The van der Waals surface area contributed by atoms with Gasteiger partial charge in [0.25, 0.3) is 0 Å². The molecule has 288 valence electrons. The Morgan fingerprint density at radius 1 is 0.306 bits per heavy atom. The number of aromatic nitrogens is 4. The van der Waals surface area contributed by atoms with Crippen molar-refractivity contribution in [3.05, 3.63) is 218 Å². The van der Waals surface area contributed by atoms with E-state index in [2.05, 4.69) is 228 Å². The highest BCUT2D eigenvalue weighted by Gasteiger charge is 2.22. The lowest BCUT2D eigenvalue weighted by Gasteiger charge is -2.14. The van der Waals surface area contributed by atoms with Crippen LogP contribution in [0, 0.1) is 0 Å². The monoisotopic (exact) mass is 788 g/mol. The normalized spacial score (nSPS) is 11.9. The van der Waals surface area contributed by atoms with E-state index in [9.17, 15) is 0 Å². The molecule has 0 radical (unpaired) electrons. The van der Waals surface area contributed by atoms with E-state index in [1.807, 2.05) is 0 Å². The van der Waals surface area contributed by atoms with Crippen molar-refractivity contribution in [2.45, 2.75) is 0 Å². The van der Waals surface area contributed by atoms with Gasteiger partial charge in [0.15, 0.2) is 0 Å². The van der Waals surface area contributed by atoms with E-state index in [1.54, 1.807) is 0 Å². The summed E-state index contributed by atoms with van der Waals surface area (Å²) in [6.07, 6.45) is 0. The van der Waals surface area contributed by atoms with Crippen LogP contribution in [-0.4, -0.2) is 19.1 Å². The fourth-order valence-corrected chi connectivity index (χ4v) is 9.93. The number of nitrogens with zero attached hydrogens (tertiary/aromatic N) is 4. The van der Waals surface area contributed by atoms with Crippen LogP contribution >= 0.6 is 0 Å². The Kier molecular flexibility index (Phi) is 7.57. The van der Waals surface area contributed by atoms with Gasteiger partial charge in [-0.3, -0.25) is 4.57 Å². The largest absolute Gasteiger partial charge is 0.309 e. The fraction of sp³-hybridized carbons (Fsp3) is 0. The fourth-order valence-electron chi connectivity index (χ4n) is 9.93. The van der Waals surface area contributed by atoms with Crippen molar-refractivity contribution in [3.8, 4) is 45.1 Å². The van der Waals surface area contributed by atoms with E-state index in [1.165, 1.54) is 60.2 Å². The van der Waals surface area contributed by atoms with E-state index in [-0.39, 0.29) is 0 Å². The van der Waals surface area contributed by atoms with Gasteiger partial charge in [0.2, 0.25) is 5.95 Å². The van der Waals surface area contributed by atoms with Crippen LogP contribution in [0.3, 0.4) is 0 Å². The van der Waals surface area contributed by atoms with Crippen LogP contribution in [0.2, 0.25) is 0 Å². The summed E-state index contributed by atoms with van der Waals surface area (Å²) in [6.45, 7) is 0. The first-order valence-corrected chi connectivity index (χ1v) is 21.2. The average Bonchev–Trinajstić information content (AvgIpc) is 3.86. The van der Waals surface area contributed by atoms with Crippen LogP contribution in [0.15, 0.2) is 218 Å². The standard InChI is InChI=1S/C58H36N4/c1-2-17-41(18-3-1)61-53-27-12-9-21-45(53)47-34-33-40(35-55(47)61)50-36-51-46-22-10-13-28-54(46)62(57(51)48-23-7-6-20-44(48)50)58-59-52-26-11-8-24-49(52)56(60-58)39-31-29-38(30-32-39)43-25-14-16-37-15-4-5-19-42(37)43/h1-36H. The molecule has 0 atom stereocenters. The van der Waals surface area contributed by atoms with E-state index >= 15 is 0 Å². The maximum Gasteiger partial charge on any atom is 0.235 e. The number of hydrogen-bond acceptors (Lipinski definition) is 2. The van der Waals surface area contributed by atoms with Gasteiger partial charge in [-0.05, 0) is 80.9 Å². The number of rotatable bonds is 5. The molecule has 4 heteroatoms. The second-order valence-electron chi connectivity index (χ2n) is 16.1. The first kappa shape index (κ1) is 34.5. The lowest BCUT2D eigenvalue weighted by molar-refractivity contribution is 1.02. The summed E-state index contributed by atoms with van der Waals surface area (Å²) in [5.74, 6) is 0.648. The summed E-state index contributed by atoms with van der Waals surface area (Å²) in [5.41, 5.74) is 13.3. The van der Waals surface area contributed by atoms with Gasteiger partial charge in [-0.1, -0.05) is 176 Å². The summed E-state index contributed by atoms with van der Waals surface area (Å²) in [4.78, 5) is 10.8. The predicted molar refractivity (Wildman–Crippen MR) is 260 cm³/mol. The van der Waals surface area contributed by atoms with E-state index in [4.69, 9.17) is 9.97 Å². The molecule has 0 amide bonds. The highest BCUT2D eigenvalue weighted by Crippen LogP contribution is 2.43. The molecule has 13 rings (SSSR count). The number of para-hydroxylation sites is 4. The van der Waals surface area contributed by atoms with Crippen LogP contribution < -0.4 is 0 Å². The third-order valence-electron chi connectivity index (χ3n) is 12.7. The Bertz CT molecular complexity index is 3910. The summed E-state index contributed by atoms with van der Waals surface area (Å²) >= 11 is 0. The van der Waals surface area contributed by atoms with Crippen molar-refractivity contribution in [1.29, 1.82) is 0 Å². The molecule has 10 aromatic carbocycles. The Balaban J connectivity index is 1.03. The summed E-state index contributed by atoms with van der Waals surface area (Å²) in [7, 11) is 0. The van der Waals surface area contributed by atoms with Crippen molar-refractivity contribution in [3.63, 3.8) is 0 Å². The lowest BCUT2D eigenvalue weighted by Crippen LogP contribution is -2.04. The molecule has 0 fully saturated rings. The minimum Gasteiger partial charge on any atom is -0.309 e. The van der Waals surface area contributed by atoms with Gasteiger partial charge in [-0.2, -0.15) is 0 Å². The molecule has 0 aliphatic rings. The number of benzene rings is 10. The quantitative estimate of drug-likeness (QED) is 0.174. The SMILES string of the molecule is c1ccc(-n2c3ccccc3c3ccc(-c4cc5c6ccccc6n(-c6nc(-c7ccc(-c8cccc9ccccc89)cc7)c7ccccc7n6)c5c5ccccc45)cc32)cc1. The molecule has 13 aromatic rings. The third kappa shape index (κ3) is 5.20. The third-order valence-corrected chi connectivity index (χ3v) is 12.7. The van der Waals surface area contributed by atoms with Crippen LogP contribution in [0.5, 0.6) is 0 Å². The molecular weight excluding hydrogens is 753 g/mol. The highest BCUT2D eigenvalue weighted by atomic mass is 15.2. The molecule has 0 saturated heterocycles. The van der Waals surface area contributed by atoms with Crippen LogP contribution in [0.4, 0.5) is 0 Å². The first-order chi connectivity index (χ1) is 30.8. The smallest absolute Gasteiger partial charge is 0.235 e. The van der Waals surface area contributed by atoms with E-state index in [0.29, 0.717) is 5.95 Å². The zero-order valence-corrected chi connectivity index (χ0v) is 33.6. The van der Waals surface area contributed by atoms with Gasteiger partial charge < -0.3 is 4.57 Å². The molecule has 62 heavy (non-hydrogen) atoms. The Hall–Kier alpha value is -8.34. The molecule has 0 spiro atoms. The van der Waals surface area contributed by atoms with Crippen LogP contribution in [0.25, 0.3) is 121 Å². The minimum atomic E-state index is 0.648. The maximum atomic E-state index is 5.50. The van der Waals surface area contributed by atoms with Gasteiger partial charge in [0, 0.05) is 43.6 Å². The lowest BCUT2D eigenvalue weighted by atomic mass is 9.94. The number of fused-ring (bicyclic) bond motifs is 10. The molecule has 0 N–H and O–H groups in total. The molecule has 4 nitrogen and oxygen atoms in total. The van der Waals surface area contributed by atoms with Crippen LogP contribution in [-0.2, 0) is 0 Å². The maximum absolute atomic E-state index is 5.50. The summed E-state index contributed by atoms with van der Waals surface area (Å²) < 4.78 is 4.68. The van der Waals surface area contributed by atoms with Crippen molar-refractivity contribution >= 4 is 76.1 Å². The van der Waals surface area contributed by atoms with Crippen molar-refractivity contribution in [1.82, 2.24) is 19.1 Å².